The molecule has 0 atom stereocenters. The van der Waals surface area contributed by atoms with E-state index in [2.05, 4.69) is 15.1 Å². The molecule has 3 aromatic heterocycles. The topological polar surface area (TPSA) is 69.6 Å². The highest BCUT2D eigenvalue weighted by Crippen LogP contribution is 2.34. The van der Waals surface area contributed by atoms with E-state index in [-0.39, 0.29) is 0 Å². The van der Waals surface area contributed by atoms with Crippen LogP contribution in [0, 0.1) is 6.92 Å². The van der Waals surface area contributed by atoms with Crippen molar-refractivity contribution in [2.75, 3.05) is 5.73 Å². The van der Waals surface area contributed by atoms with E-state index in [1.807, 2.05) is 37.6 Å². The number of hydrogen-bond donors (Lipinski definition) is 1. The number of nitrogens with zero attached hydrogens (tertiary/aromatic N) is 4. The zero-order valence-corrected chi connectivity index (χ0v) is 11.5. The Morgan fingerprint density at radius 1 is 1.26 bits per heavy atom. The number of aromatic nitrogens is 4. The maximum absolute atomic E-state index is 6.12. The summed E-state index contributed by atoms with van der Waals surface area (Å²) >= 11 is 1.60. The average Bonchev–Trinajstić information content (AvgIpc) is 2.96. The molecule has 0 aliphatic carbocycles. The molecule has 0 aliphatic heterocycles. The van der Waals surface area contributed by atoms with Gasteiger partial charge in [0.05, 0.1) is 16.3 Å². The van der Waals surface area contributed by atoms with Crippen LogP contribution < -0.4 is 5.73 Å². The molecule has 0 unspecified atom stereocenters. The zero-order chi connectivity index (χ0) is 13.4. The normalized spacial score (nSPS) is 10.8. The SMILES string of the molecule is Cc1nc(-c2nn(C)c(N)c2-c2ccccn2)cs1. The highest BCUT2D eigenvalue weighted by atomic mass is 32.1. The lowest BCUT2D eigenvalue weighted by atomic mass is 10.1. The molecule has 0 aromatic carbocycles. The molecule has 0 radical (unpaired) electrons. The number of thiazole rings is 1. The van der Waals surface area contributed by atoms with Crippen molar-refractivity contribution in [3.05, 3.63) is 34.8 Å². The molecule has 0 spiro atoms. The molecule has 0 bridgehead atoms. The van der Waals surface area contributed by atoms with E-state index in [9.17, 15) is 0 Å². The van der Waals surface area contributed by atoms with Crippen LogP contribution >= 0.6 is 11.3 Å². The molecule has 19 heavy (non-hydrogen) atoms. The first-order valence-corrected chi connectivity index (χ1v) is 6.71. The molecule has 3 heterocycles. The number of rotatable bonds is 2. The van der Waals surface area contributed by atoms with E-state index in [1.165, 1.54) is 0 Å². The molecule has 0 fully saturated rings. The van der Waals surface area contributed by atoms with Gasteiger partial charge in [0.25, 0.3) is 0 Å². The van der Waals surface area contributed by atoms with Crippen LogP contribution in [0.3, 0.4) is 0 Å². The lowest BCUT2D eigenvalue weighted by Crippen LogP contribution is -1.98. The number of anilines is 1. The van der Waals surface area contributed by atoms with E-state index in [1.54, 1.807) is 22.2 Å². The van der Waals surface area contributed by atoms with Crippen LogP contribution in [0.2, 0.25) is 0 Å². The van der Waals surface area contributed by atoms with Gasteiger partial charge in [-0.05, 0) is 19.1 Å². The van der Waals surface area contributed by atoms with Crippen LogP contribution in [-0.2, 0) is 7.05 Å². The predicted octanol–water partition coefficient (Wildman–Crippen LogP) is 2.50. The van der Waals surface area contributed by atoms with E-state index in [0.29, 0.717) is 5.82 Å². The second-order valence-corrected chi connectivity index (χ2v) is 5.26. The molecule has 6 heteroatoms. The summed E-state index contributed by atoms with van der Waals surface area (Å²) in [6, 6.07) is 5.74. The molecule has 3 rings (SSSR count). The second-order valence-electron chi connectivity index (χ2n) is 4.20. The van der Waals surface area contributed by atoms with Crippen LogP contribution in [0.5, 0.6) is 0 Å². The summed E-state index contributed by atoms with van der Waals surface area (Å²) in [5.74, 6) is 0.597. The van der Waals surface area contributed by atoms with Crippen molar-refractivity contribution in [3.63, 3.8) is 0 Å². The molecular formula is C13H13N5S. The molecule has 0 saturated carbocycles. The fourth-order valence-electron chi connectivity index (χ4n) is 1.95. The smallest absolute Gasteiger partial charge is 0.131 e. The summed E-state index contributed by atoms with van der Waals surface area (Å²) in [5, 5.41) is 7.46. The number of nitrogens with two attached hydrogens (primary N) is 1. The fraction of sp³-hybridized carbons (Fsp3) is 0.154. The summed E-state index contributed by atoms with van der Waals surface area (Å²) < 4.78 is 1.66. The largest absolute Gasteiger partial charge is 0.383 e. The van der Waals surface area contributed by atoms with E-state index in [0.717, 1.165) is 27.7 Å². The standard InChI is InChI=1S/C13H13N5S/c1-8-16-10(7-19-8)12-11(13(14)18(2)17-12)9-5-3-4-6-15-9/h3-7H,14H2,1-2H3. The zero-order valence-electron chi connectivity index (χ0n) is 10.7. The molecule has 0 amide bonds. The summed E-state index contributed by atoms with van der Waals surface area (Å²) in [7, 11) is 1.82. The molecular weight excluding hydrogens is 258 g/mol. The Balaban J connectivity index is 2.24. The van der Waals surface area contributed by atoms with Gasteiger partial charge >= 0.3 is 0 Å². The summed E-state index contributed by atoms with van der Waals surface area (Å²) in [5.41, 5.74) is 9.39. The Bertz CT molecular complexity index is 714. The van der Waals surface area contributed by atoms with Crippen LogP contribution in [0.4, 0.5) is 5.82 Å². The van der Waals surface area contributed by atoms with Crippen molar-refractivity contribution in [3.8, 4) is 22.6 Å². The van der Waals surface area contributed by atoms with Gasteiger partial charge in [-0.2, -0.15) is 5.10 Å². The highest BCUT2D eigenvalue weighted by molar-refractivity contribution is 7.09. The first-order valence-electron chi connectivity index (χ1n) is 5.83. The van der Waals surface area contributed by atoms with E-state index < -0.39 is 0 Å². The quantitative estimate of drug-likeness (QED) is 0.777. The van der Waals surface area contributed by atoms with Crippen molar-refractivity contribution < 1.29 is 0 Å². The van der Waals surface area contributed by atoms with Crippen molar-refractivity contribution in [1.29, 1.82) is 0 Å². The predicted molar refractivity (Wildman–Crippen MR) is 76.7 cm³/mol. The van der Waals surface area contributed by atoms with Gasteiger partial charge in [-0.15, -0.1) is 11.3 Å². The van der Waals surface area contributed by atoms with Gasteiger partial charge in [-0.25, -0.2) is 4.98 Å². The van der Waals surface area contributed by atoms with E-state index in [4.69, 9.17) is 5.73 Å². The van der Waals surface area contributed by atoms with Crippen LogP contribution in [-0.4, -0.2) is 19.7 Å². The van der Waals surface area contributed by atoms with Crippen LogP contribution in [0.15, 0.2) is 29.8 Å². The molecule has 3 aromatic rings. The van der Waals surface area contributed by atoms with Gasteiger partial charge in [-0.3, -0.25) is 9.67 Å². The third kappa shape index (κ3) is 2.00. The first-order chi connectivity index (χ1) is 9.16. The minimum Gasteiger partial charge on any atom is -0.383 e. The minimum atomic E-state index is 0.597. The number of hydrogen-bond acceptors (Lipinski definition) is 5. The number of pyridine rings is 1. The summed E-state index contributed by atoms with van der Waals surface area (Å²) in [4.78, 5) is 8.84. The van der Waals surface area contributed by atoms with Gasteiger partial charge in [0.15, 0.2) is 0 Å². The van der Waals surface area contributed by atoms with Gasteiger partial charge in [0, 0.05) is 18.6 Å². The second kappa shape index (κ2) is 4.47. The van der Waals surface area contributed by atoms with Gasteiger partial charge in [-0.1, -0.05) is 6.07 Å². The van der Waals surface area contributed by atoms with Gasteiger partial charge in [0.1, 0.15) is 17.2 Å². The fourth-order valence-corrected chi connectivity index (χ4v) is 2.55. The minimum absolute atomic E-state index is 0.597. The summed E-state index contributed by atoms with van der Waals surface area (Å²) in [6.45, 7) is 1.97. The number of nitrogen functional groups attached to an aromatic ring is 1. The van der Waals surface area contributed by atoms with Crippen LogP contribution in [0.1, 0.15) is 5.01 Å². The van der Waals surface area contributed by atoms with Gasteiger partial charge in [0.2, 0.25) is 0 Å². The Morgan fingerprint density at radius 3 is 2.74 bits per heavy atom. The molecule has 0 saturated heterocycles. The summed E-state index contributed by atoms with van der Waals surface area (Å²) in [6.07, 6.45) is 1.75. The molecule has 2 N–H and O–H groups in total. The third-order valence-corrected chi connectivity index (χ3v) is 3.65. The Hall–Kier alpha value is -2.21. The Labute approximate surface area is 114 Å². The lowest BCUT2D eigenvalue weighted by molar-refractivity contribution is 0.781. The molecule has 0 aliphatic rings. The van der Waals surface area contributed by atoms with Crippen molar-refractivity contribution in [2.24, 2.45) is 7.05 Å². The van der Waals surface area contributed by atoms with E-state index >= 15 is 0 Å². The van der Waals surface area contributed by atoms with Crippen LogP contribution in [0.25, 0.3) is 22.6 Å². The third-order valence-electron chi connectivity index (χ3n) is 2.87. The van der Waals surface area contributed by atoms with Crippen molar-refractivity contribution >= 4 is 17.2 Å². The monoisotopic (exact) mass is 271 g/mol. The lowest BCUT2D eigenvalue weighted by Gasteiger charge is -2.01. The maximum atomic E-state index is 6.12. The Kier molecular flexibility index (Phi) is 2.79. The maximum Gasteiger partial charge on any atom is 0.131 e. The molecule has 96 valence electrons. The van der Waals surface area contributed by atoms with Crippen molar-refractivity contribution in [1.82, 2.24) is 19.7 Å². The van der Waals surface area contributed by atoms with Crippen molar-refractivity contribution in [2.45, 2.75) is 6.92 Å². The average molecular weight is 271 g/mol. The van der Waals surface area contributed by atoms with Gasteiger partial charge < -0.3 is 5.73 Å². The Morgan fingerprint density at radius 2 is 2.11 bits per heavy atom. The number of aryl methyl sites for hydroxylation is 2. The highest BCUT2D eigenvalue weighted by Gasteiger charge is 2.19. The molecule has 5 nitrogen and oxygen atoms in total. The first kappa shape index (κ1) is 11.9.